The number of nitrogens with one attached hydrogen (secondary N) is 1. The molecule has 1 saturated heterocycles. The summed E-state index contributed by atoms with van der Waals surface area (Å²) in [6.45, 7) is 2.94. The summed E-state index contributed by atoms with van der Waals surface area (Å²) in [5.74, 6) is -1.88. The standard InChI is InChI=1S/C14H18N2O.C6H6ClNS2.C4H6O4/c17-14-4-2-8-16(14)13-6-5-12-10-15-7-1-3-11(12)9-13;7-6-2-1-5(10-6)3-4-9-8;5-3(6)1-2-4(7)8/h5-6,9,15H,1-4,7-8,10H2;1-4H,8H2;1-2H2,(H,5,6)(H,7,8)/b;4-3+;. The number of thiophene rings is 1. The summed E-state index contributed by atoms with van der Waals surface area (Å²) >= 11 is 8.41. The minimum atomic E-state index is -1.08. The molecule has 8 nitrogen and oxygen atoms in total. The number of nitrogens with two attached hydrogens (primary N) is 1. The zero-order valence-corrected chi connectivity index (χ0v) is 21.6. The van der Waals surface area contributed by atoms with Crippen molar-refractivity contribution in [2.45, 2.75) is 45.1 Å². The molecular formula is C24H30ClN3O5S2. The van der Waals surface area contributed by atoms with Gasteiger partial charge in [-0.15, -0.1) is 11.3 Å². The lowest BCUT2D eigenvalue weighted by molar-refractivity contribution is -0.143. The van der Waals surface area contributed by atoms with E-state index >= 15 is 0 Å². The van der Waals surface area contributed by atoms with Crippen LogP contribution in [0.1, 0.15) is 48.1 Å². The molecule has 1 aromatic heterocycles. The molecule has 0 radical (unpaired) electrons. The van der Waals surface area contributed by atoms with Crippen molar-refractivity contribution in [3.05, 3.63) is 56.1 Å². The molecule has 2 aliphatic heterocycles. The summed E-state index contributed by atoms with van der Waals surface area (Å²) in [6, 6.07) is 10.3. The highest BCUT2D eigenvalue weighted by molar-refractivity contribution is 8.00. The lowest BCUT2D eigenvalue weighted by Gasteiger charge is -2.17. The van der Waals surface area contributed by atoms with Crippen molar-refractivity contribution >= 4 is 64.5 Å². The minimum absolute atomic E-state index is 0.275. The number of amides is 1. The summed E-state index contributed by atoms with van der Waals surface area (Å²) < 4.78 is 0.807. The Morgan fingerprint density at radius 1 is 1.11 bits per heavy atom. The van der Waals surface area contributed by atoms with E-state index in [1.165, 1.54) is 40.8 Å². The molecule has 3 heterocycles. The maximum Gasteiger partial charge on any atom is 0.303 e. The lowest BCUT2D eigenvalue weighted by Crippen LogP contribution is -2.23. The number of fused-ring (bicyclic) bond motifs is 1. The molecule has 1 aromatic carbocycles. The van der Waals surface area contributed by atoms with Gasteiger partial charge < -0.3 is 20.4 Å². The second kappa shape index (κ2) is 15.6. The highest BCUT2D eigenvalue weighted by atomic mass is 35.5. The number of halogens is 1. The van der Waals surface area contributed by atoms with Crippen LogP contribution in [0.3, 0.4) is 0 Å². The summed E-state index contributed by atoms with van der Waals surface area (Å²) in [6.07, 6.45) is 5.35. The Morgan fingerprint density at radius 2 is 1.86 bits per heavy atom. The normalized spacial score (nSPS) is 14.9. The molecular weight excluding hydrogens is 510 g/mol. The number of anilines is 1. The number of carbonyl (C=O) groups is 3. The maximum atomic E-state index is 11.7. The van der Waals surface area contributed by atoms with E-state index < -0.39 is 11.9 Å². The van der Waals surface area contributed by atoms with Crippen LogP contribution in [-0.2, 0) is 27.3 Å². The Morgan fingerprint density at radius 3 is 2.43 bits per heavy atom. The Bertz CT molecular complexity index is 1010. The quantitative estimate of drug-likeness (QED) is 0.386. The molecule has 4 rings (SSSR count). The van der Waals surface area contributed by atoms with Crippen molar-refractivity contribution < 1.29 is 24.6 Å². The molecule has 1 amide bonds. The molecule has 2 aromatic rings. The van der Waals surface area contributed by atoms with Crippen LogP contribution >= 0.6 is 34.9 Å². The van der Waals surface area contributed by atoms with Crippen molar-refractivity contribution in [3.8, 4) is 0 Å². The van der Waals surface area contributed by atoms with Gasteiger partial charge in [-0.05, 0) is 72.7 Å². The number of hydrogen-bond donors (Lipinski definition) is 4. The largest absolute Gasteiger partial charge is 0.481 e. The Hall–Kier alpha value is -2.37. The number of carboxylic acids is 2. The van der Waals surface area contributed by atoms with E-state index in [1.807, 2.05) is 28.5 Å². The van der Waals surface area contributed by atoms with Crippen LogP contribution in [-0.4, -0.2) is 41.1 Å². The molecule has 35 heavy (non-hydrogen) atoms. The van der Waals surface area contributed by atoms with Crippen molar-refractivity contribution in [3.63, 3.8) is 0 Å². The van der Waals surface area contributed by atoms with E-state index in [-0.39, 0.29) is 18.7 Å². The second-order valence-electron chi connectivity index (χ2n) is 7.75. The van der Waals surface area contributed by atoms with Gasteiger partial charge in [-0.25, -0.2) is 0 Å². The molecule has 11 heteroatoms. The highest BCUT2D eigenvalue weighted by Gasteiger charge is 2.22. The van der Waals surface area contributed by atoms with Crippen molar-refractivity contribution in [1.82, 2.24) is 5.32 Å². The number of aryl methyl sites for hydroxylation is 1. The fourth-order valence-electron chi connectivity index (χ4n) is 3.47. The van der Waals surface area contributed by atoms with Crippen LogP contribution in [0.15, 0.2) is 35.7 Å². The van der Waals surface area contributed by atoms with Gasteiger partial charge >= 0.3 is 11.9 Å². The molecule has 0 bridgehead atoms. The molecule has 2 aliphatic rings. The molecule has 0 atom stereocenters. The molecule has 5 N–H and O–H groups in total. The van der Waals surface area contributed by atoms with Gasteiger partial charge in [0.05, 0.1) is 17.2 Å². The van der Waals surface area contributed by atoms with Crippen LogP contribution in [0.4, 0.5) is 5.69 Å². The van der Waals surface area contributed by atoms with Gasteiger partial charge in [-0.2, -0.15) is 0 Å². The highest BCUT2D eigenvalue weighted by Crippen LogP contribution is 2.26. The number of carbonyl (C=O) groups excluding carboxylic acids is 1. The second-order valence-corrected chi connectivity index (χ2v) is 10.0. The van der Waals surface area contributed by atoms with Crippen molar-refractivity contribution in [2.75, 3.05) is 18.0 Å². The van der Waals surface area contributed by atoms with Crippen molar-refractivity contribution in [2.24, 2.45) is 5.14 Å². The van der Waals surface area contributed by atoms with Crippen LogP contribution in [0, 0.1) is 0 Å². The van der Waals surface area contributed by atoms with Crippen LogP contribution in [0.5, 0.6) is 0 Å². The third kappa shape index (κ3) is 10.8. The van der Waals surface area contributed by atoms with E-state index in [0.717, 1.165) is 47.4 Å². The van der Waals surface area contributed by atoms with Gasteiger partial charge in [0.1, 0.15) is 0 Å². The number of rotatable bonds is 6. The smallest absolute Gasteiger partial charge is 0.303 e. The van der Waals surface area contributed by atoms with Crippen LogP contribution in [0.25, 0.3) is 6.08 Å². The van der Waals surface area contributed by atoms with E-state index in [2.05, 4.69) is 23.5 Å². The monoisotopic (exact) mass is 539 g/mol. The van der Waals surface area contributed by atoms with Gasteiger partial charge in [-0.3, -0.25) is 19.5 Å². The first-order chi connectivity index (χ1) is 16.8. The third-order valence-corrected chi connectivity index (χ3v) is 6.64. The molecule has 0 aliphatic carbocycles. The summed E-state index contributed by atoms with van der Waals surface area (Å²) in [5.41, 5.74) is 3.89. The van der Waals surface area contributed by atoms with Crippen LogP contribution in [0.2, 0.25) is 4.34 Å². The van der Waals surface area contributed by atoms with E-state index in [9.17, 15) is 14.4 Å². The molecule has 0 spiro atoms. The summed E-state index contributed by atoms with van der Waals surface area (Å²) in [4.78, 5) is 34.1. The first-order valence-corrected chi connectivity index (χ1v) is 13.3. The predicted molar refractivity (Wildman–Crippen MR) is 143 cm³/mol. The van der Waals surface area contributed by atoms with Gasteiger partial charge in [0, 0.05) is 30.1 Å². The number of carboxylic acid groups (broad SMARTS) is 2. The van der Waals surface area contributed by atoms with Gasteiger partial charge in [0.15, 0.2) is 0 Å². The lowest BCUT2D eigenvalue weighted by atomic mass is 10.0. The zero-order chi connectivity index (χ0) is 25.6. The fraction of sp³-hybridized carbons (Fsp3) is 0.375. The number of benzene rings is 1. The number of nitrogens with zero attached hydrogens (tertiary/aromatic N) is 1. The molecule has 190 valence electrons. The summed E-state index contributed by atoms with van der Waals surface area (Å²) in [7, 11) is 0. The SMILES string of the molecule is NS/C=C/c1ccc(Cl)s1.O=C(O)CCC(=O)O.O=C1CCCN1c1ccc2c(c1)CCCNC2. The van der Waals surface area contributed by atoms with Crippen LogP contribution < -0.4 is 15.4 Å². The summed E-state index contributed by atoms with van der Waals surface area (Å²) in [5, 5.41) is 26.2. The van der Waals surface area contributed by atoms with E-state index in [1.54, 1.807) is 0 Å². The number of aliphatic carboxylic acids is 2. The van der Waals surface area contributed by atoms with E-state index in [0.29, 0.717) is 6.42 Å². The minimum Gasteiger partial charge on any atom is -0.481 e. The fourth-order valence-corrected chi connectivity index (χ4v) is 4.75. The zero-order valence-electron chi connectivity index (χ0n) is 19.2. The third-order valence-electron chi connectivity index (χ3n) is 5.15. The Balaban J connectivity index is 0.000000206. The average Bonchev–Trinajstić information content (AvgIpc) is 3.37. The number of hydrogen-bond acceptors (Lipinski definition) is 7. The first-order valence-electron chi connectivity index (χ1n) is 11.1. The Labute approximate surface area is 218 Å². The average molecular weight is 540 g/mol. The van der Waals surface area contributed by atoms with E-state index in [4.69, 9.17) is 27.0 Å². The van der Waals surface area contributed by atoms with Gasteiger partial charge in [0.25, 0.3) is 0 Å². The topological polar surface area (TPSA) is 133 Å². The molecule has 0 saturated carbocycles. The van der Waals surface area contributed by atoms with Crippen molar-refractivity contribution in [1.29, 1.82) is 0 Å². The maximum absolute atomic E-state index is 11.7. The first kappa shape index (κ1) is 28.9. The van der Waals surface area contributed by atoms with Gasteiger partial charge in [0.2, 0.25) is 5.91 Å². The molecule has 1 fully saturated rings. The van der Waals surface area contributed by atoms with Gasteiger partial charge in [-0.1, -0.05) is 29.6 Å². The molecule has 0 unspecified atom stereocenters. The Kier molecular flexibility index (Phi) is 12.9. The predicted octanol–water partition coefficient (Wildman–Crippen LogP) is 4.76.